The van der Waals surface area contributed by atoms with Crippen LogP contribution < -0.4 is 4.90 Å². The first kappa shape index (κ1) is 27.5. The van der Waals surface area contributed by atoms with E-state index in [9.17, 15) is 19.5 Å². The van der Waals surface area contributed by atoms with Crippen LogP contribution in [-0.2, 0) is 19.1 Å². The summed E-state index contributed by atoms with van der Waals surface area (Å²) in [5.74, 6) is -2.09. The zero-order valence-electron chi connectivity index (χ0n) is 22.1. The quantitative estimate of drug-likeness (QED) is 0.268. The number of carbonyl (C=O) groups is 3. The van der Waals surface area contributed by atoms with Gasteiger partial charge < -0.3 is 19.6 Å². The Bertz CT molecular complexity index is 1090. The Morgan fingerprint density at radius 1 is 1.24 bits per heavy atom. The highest BCUT2D eigenvalue weighted by Gasteiger charge is 2.77. The molecule has 0 aromatic heterocycles. The van der Waals surface area contributed by atoms with Gasteiger partial charge in [0.15, 0.2) is 0 Å². The number of nitrogens with zero attached hydrogens (tertiary/aromatic N) is 2. The molecule has 3 fully saturated rings. The summed E-state index contributed by atoms with van der Waals surface area (Å²) in [7, 11) is 0. The fraction of sp³-hybridized carbons (Fsp3) is 0.552. The van der Waals surface area contributed by atoms with E-state index in [0.29, 0.717) is 19.4 Å². The molecule has 2 bridgehead atoms. The lowest BCUT2D eigenvalue weighted by Crippen LogP contribution is -2.55. The van der Waals surface area contributed by atoms with Crippen molar-refractivity contribution in [3.8, 4) is 0 Å². The molecule has 8 heteroatoms. The van der Waals surface area contributed by atoms with Crippen LogP contribution in [-0.4, -0.2) is 69.6 Å². The van der Waals surface area contributed by atoms with E-state index in [1.54, 1.807) is 28.8 Å². The minimum absolute atomic E-state index is 0.0422. The van der Waals surface area contributed by atoms with Gasteiger partial charge in [0.2, 0.25) is 5.91 Å². The van der Waals surface area contributed by atoms with E-state index in [1.807, 2.05) is 39.0 Å². The number of hydrogen-bond donors (Lipinski definition) is 1. The third-order valence-electron chi connectivity index (χ3n) is 8.19. The summed E-state index contributed by atoms with van der Waals surface area (Å²) >= 11 is 1.61. The fourth-order valence-corrected chi connectivity index (χ4v) is 9.04. The number of aliphatic hydroxyl groups is 1. The highest BCUT2D eigenvalue weighted by molar-refractivity contribution is 8.02. The molecule has 2 amide bonds. The molecule has 0 radical (unpaired) electrons. The van der Waals surface area contributed by atoms with Crippen molar-refractivity contribution < 1.29 is 24.2 Å². The predicted octanol–water partition coefficient (Wildman–Crippen LogP) is 3.81. The molecule has 3 heterocycles. The van der Waals surface area contributed by atoms with E-state index < -0.39 is 27.4 Å². The normalized spacial score (nSPS) is 29.8. The van der Waals surface area contributed by atoms with Gasteiger partial charge in [-0.3, -0.25) is 14.4 Å². The number of anilines is 1. The molecule has 2 unspecified atom stereocenters. The first-order valence-electron chi connectivity index (χ1n) is 13.0. The summed E-state index contributed by atoms with van der Waals surface area (Å²) in [6.45, 7) is 13.9. The number of ether oxygens (including phenoxy) is 1. The van der Waals surface area contributed by atoms with Gasteiger partial charge in [0.05, 0.1) is 29.8 Å². The van der Waals surface area contributed by atoms with E-state index in [-0.39, 0.29) is 37.5 Å². The van der Waals surface area contributed by atoms with Crippen molar-refractivity contribution in [2.45, 2.75) is 62.0 Å². The maximum absolute atomic E-state index is 14.5. The van der Waals surface area contributed by atoms with Crippen LogP contribution in [0.5, 0.6) is 0 Å². The number of likely N-dealkylation sites (tertiary alicyclic amines) is 1. The van der Waals surface area contributed by atoms with Crippen molar-refractivity contribution in [1.29, 1.82) is 0 Å². The van der Waals surface area contributed by atoms with E-state index in [1.165, 1.54) is 4.90 Å². The van der Waals surface area contributed by atoms with Gasteiger partial charge in [0.25, 0.3) is 5.91 Å². The van der Waals surface area contributed by atoms with Gasteiger partial charge in [-0.2, -0.15) is 0 Å². The summed E-state index contributed by atoms with van der Waals surface area (Å²) in [5, 5.41) is 9.87. The molecule has 3 aliphatic heterocycles. The Morgan fingerprint density at radius 3 is 2.57 bits per heavy atom. The first-order chi connectivity index (χ1) is 17.7. The van der Waals surface area contributed by atoms with Crippen LogP contribution in [0.1, 0.15) is 43.7 Å². The SMILES string of the molecule is C=CCCCOC(=O)[C@@H]1[C@H]2C(=O)N(CCO)C(C(=O)N(CC=C)c3c(C)cccc3C)C23CC[C@@]1(C)S3. The monoisotopic (exact) mass is 526 g/mol. The van der Waals surface area contributed by atoms with Crippen molar-refractivity contribution in [2.24, 2.45) is 11.8 Å². The number of aryl methyl sites for hydroxylation is 2. The van der Waals surface area contributed by atoms with Gasteiger partial charge in [0, 0.05) is 23.5 Å². The second-order valence-corrected chi connectivity index (χ2v) is 12.5. The number of fused-ring (bicyclic) bond motifs is 1. The van der Waals surface area contributed by atoms with Crippen LogP contribution in [0.25, 0.3) is 0 Å². The minimum atomic E-state index is -0.790. The molecule has 37 heavy (non-hydrogen) atoms. The van der Waals surface area contributed by atoms with Crippen molar-refractivity contribution in [1.82, 2.24) is 4.90 Å². The van der Waals surface area contributed by atoms with Crippen LogP contribution in [0.2, 0.25) is 0 Å². The summed E-state index contributed by atoms with van der Waals surface area (Å²) in [6.07, 6.45) is 6.27. The average Bonchev–Trinajstić information content (AvgIpc) is 3.42. The number of β-amino-alcohol motifs (C(OH)–C–C–N with tert-alkyl or cyclic N) is 1. The number of aliphatic hydroxyl groups excluding tert-OH is 1. The number of thioether (sulfide) groups is 1. The second-order valence-electron chi connectivity index (χ2n) is 10.6. The summed E-state index contributed by atoms with van der Waals surface area (Å²) in [4.78, 5) is 45.1. The zero-order chi connectivity index (χ0) is 27.0. The van der Waals surface area contributed by atoms with Gasteiger partial charge in [-0.05, 0) is 57.6 Å². The van der Waals surface area contributed by atoms with Crippen LogP contribution >= 0.6 is 11.8 Å². The molecular weight excluding hydrogens is 488 g/mol. The zero-order valence-corrected chi connectivity index (χ0v) is 22.9. The number of carbonyl (C=O) groups excluding carboxylic acids is 3. The van der Waals surface area contributed by atoms with Gasteiger partial charge in [-0.15, -0.1) is 24.9 Å². The summed E-state index contributed by atoms with van der Waals surface area (Å²) in [5.41, 5.74) is 2.72. The van der Waals surface area contributed by atoms with Crippen molar-refractivity contribution in [3.63, 3.8) is 0 Å². The molecule has 1 aromatic carbocycles. The number of para-hydroxylation sites is 1. The Kier molecular flexibility index (Phi) is 7.91. The van der Waals surface area contributed by atoms with Crippen LogP contribution in [0.3, 0.4) is 0 Å². The molecule has 1 N–H and O–H groups in total. The molecule has 4 rings (SSSR count). The van der Waals surface area contributed by atoms with Gasteiger partial charge >= 0.3 is 5.97 Å². The summed E-state index contributed by atoms with van der Waals surface area (Å²) in [6, 6.07) is 5.10. The number of amides is 2. The van der Waals surface area contributed by atoms with Gasteiger partial charge in [-0.1, -0.05) is 30.4 Å². The Hall–Kier alpha value is -2.58. The third kappa shape index (κ3) is 4.42. The molecule has 1 aromatic rings. The Labute approximate surface area is 223 Å². The smallest absolute Gasteiger partial charge is 0.311 e. The van der Waals surface area contributed by atoms with Gasteiger partial charge in [0.1, 0.15) is 6.04 Å². The fourth-order valence-electron chi connectivity index (χ4n) is 6.70. The second kappa shape index (κ2) is 10.7. The summed E-state index contributed by atoms with van der Waals surface area (Å²) < 4.78 is 4.41. The highest BCUT2D eigenvalue weighted by Crippen LogP contribution is 2.71. The van der Waals surface area contributed by atoms with Crippen molar-refractivity contribution in [3.05, 3.63) is 54.6 Å². The lowest BCUT2D eigenvalue weighted by molar-refractivity contribution is -0.155. The van der Waals surface area contributed by atoms with Crippen LogP contribution in [0.15, 0.2) is 43.5 Å². The van der Waals surface area contributed by atoms with E-state index in [2.05, 4.69) is 13.2 Å². The maximum Gasteiger partial charge on any atom is 0.311 e. The highest BCUT2D eigenvalue weighted by atomic mass is 32.2. The number of hydrogen-bond acceptors (Lipinski definition) is 6. The van der Waals surface area contributed by atoms with E-state index in [0.717, 1.165) is 29.7 Å². The van der Waals surface area contributed by atoms with Crippen LogP contribution in [0.4, 0.5) is 5.69 Å². The third-order valence-corrected chi connectivity index (χ3v) is 10.2. The number of allylic oxidation sites excluding steroid dienone is 1. The van der Waals surface area contributed by atoms with Crippen molar-refractivity contribution in [2.75, 3.05) is 31.2 Å². The molecular formula is C29H38N2O5S. The predicted molar refractivity (Wildman–Crippen MR) is 146 cm³/mol. The number of rotatable bonds is 11. The standard InChI is InChI=1S/C29H38N2O5S/c1-6-8-9-18-36-27(35)22-21-25(33)31(16-17-32)24(29(21)14-13-28(22,5)37-29)26(34)30(15-7-2)23-19(3)11-10-12-20(23)4/h6-7,10-12,21-22,24,32H,1-2,8-9,13-18H2,3-5H3/t21-,22-,24?,28+,29?/m0/s1. The molecule has 7 nitrogen and oxygen atoms in total. The molecule has 1 spiro atoms. The Balaban J connectivity index is 1.75. The van der Waals surface area contributed by atoms with Gasteiger partial charge in [-0.25, -0.2) is 0 Å². The molecule has 5 atom stereocenters. The maximum atomic E-state index is 14.5. The minimum Gasteiger partial charge on any atom is -0.465 e. The Morgan fingerprint density at radius 2 is 1.95 bits per heavy atom. The molecule has 0 aliphatic carbocycles. The number of benzene rings is 1. The number of unbranched alkanes of at least 4 members (excludes halogenated alkanes) is 1. The lowest BCUT2D eigenvalue weighted by atomic mass is 9.66. The molecule has 0 saturated carbocycles. The topological polar surface area (TPSA) is 87.1 Å². The molecule has 200 valence electrons. The lowest BCUT2D eigenvalue weighted by Gasteiger charge is -2.37. The number of esters is 1. The molecule has 3 aliphatic rings. The molecule has 3 saturated heterocycles. The van der Waals surface area contributed by atoms with E-state index in [4.69, 9.17) is 4.74 Å². The van der Waals surface area contributed by atoms with E-state index >= 15 is 0 Å². The average molecular weight is 527 g/mol. The van der Waals surface area contributed by atoms with Crippen LogP contribution in [0, 0.1) is 25.7 Å². The largest absolute Gasteiger partial charge is 0.465 e. The first-order valence-corrected chi connectivity index (χ1v) is 13.9. The van der Waals surface area contributed by atoms with Crippen molar-refractivity contribution >= 4 is 35.2 Å².